The van der Waals surface area contributed by atoms with E-state index in [1.165, 1.54) is 5.57 Å². The van der Waals surface area contributed by atoms with Crippen LogP contribution in [0.25, 0.3) is 0 Å². The molecule has 196 valence electrons. The second-order valence-electron chi connectivity index (χ2n) is 12.3. The average molecular weight is 496 g/mol. The Kier molecular flexibility index (Phi) is 6.70. The van der Waals surface area contributed by atoms with Crippen LogP contribution in [0.3, 0.4) is 0 Å². The van der Waals surface area contributed by atoms with Gasteiger partial charge in [-0.05, 0) is 99.9 Å². The topological polar surface area (TPSA) is 100 Å². The molecule has 2 amide bonds. The number of terminal acetylenes is 1. The third kappa shape index (κ3) is 4.16. The van der Waals surface area contributed by atoms with E-state index in [1.54, 1.807) is 0 Å². The highest BCUT2D eigenvalue weighted by Gasteiger charge is 2.63. The number of amides is 2. The van der Waals surface area contributed by atoms with Gasteiger partial charge < -0.3 is 20.6 Å². The van der Waals surface area contributed by atoms with Crippen molar-refractivity contribution in [1.29, 1.82) is 0 Å². The number of carbonyl (C=O) groups excluding carboxylic acids is 2. The molecule has 5 aliphatic rings. The summed E-state index contributed by atoms with van der Waals surface area (Å²) in [6, 6.07) is -0.488. The fourth-order valence-electron chi connectivity index (χ4n) is 8.38. The lowest BCUT2D eigenvalue weighted by atomic mass is 9.46. The summed E-state index contributed by atoms with van der Waals surface area (Å²) < 4.78 is 0. The molecule has 0 spiro atoms. The SMILES string of the molecule is C#CC1(O)CCC2C3CCC4=CC(=NOCC(=O)NC5CCCCNC5=O)CCC4(C)C3CCC21C. The van der Waals surface area contributed by atoms with Crippen LogP contribution in [-0.2, 0) is 14.4 Å². The number of nitrogens with one attached hydrogen (secondary N) is 2. The van der Waals surface area contributed by atoms with Gasteiger partial charge in [-0.15, -0.1) is 6.42 Å². The number of nitrogens with zero attached hydrogens (tertiary/aromatic N) is 1. The Bertz CT molecular complexity index is 1010. The van der Waals surface area contributed by atoms with Crippen LogP contribution in [0.15, 0.2) is 16.8 Å². The standard InChI is InChI=1S/C29H41N3O4/c1-4-29(35)15-12-23-21-9-8-19-17-20(10-13-27(19,2)22(21)11-14-28(23,29)3)32-36-18-25(33)31-24-7-5-6-16-30-26(24)34/h1,17,21-24,35H,5-16,18H2,2-3H3,(H,30,34)(H,31,33). The van der Waals surface area contributed by atoms with Crippen LogP contribution in [-0.4, -0.2) is 47.4 Å². The van der Waals surface area contributed by atoms with E-state index in [0.717, 1.165) is 69.9 Å². The largest absolute Gasteiger partial charge is 0.385 e. The van der Waals surface area contributed by atoms with E-state index in [-0.39, 0.29) is 29.3 Å². The average Bonchev–Trinajstić information content (AvgIpc) is 2.98. The second kappa shape index (κ2) is 9.52. The monoisotopic (exact) mass is 495 g/mol. The molecule has 1 heterocycles. The van der Waals surface area contributed by atoms with Crippen molar-refractivity contribution in [2.24, 2.45) is 33.7 Å². The number of oxime groups is 1. The summed E-state index contributed by atoms with van der Waals surface area (Å²) in [5.41, 5.74) is 1.35. The molecule has 0 bridgehead atoms. The highest BCUT2D eigenvalue weighted by molar-refractivity contribution is 5.96. The minimum absolute atomic E-state index is 0.122. The Morgan fingerprint density at radius 2 is 2.00 bits per heavy atom. The van der Waals surface area contributed by atoms with Gasteiger partial charge in [-0.25, -0.2) is 0 Å². The summed E-state index contributed by atoms with van der Waals surface area (Å²) in [5, 5.41) is 21.1. The van der Waals surface area contributed by atoms with Crippen molar-refractivity contribution in [2.75, 3.05) is 13.2 Å². The fourth-order valence-corrected chi connectivity index (χ4v) is 8.38. The van der Waals surface area contributed by atoms with E-state index >= 15 is 0 Å². The van der Waals surface area contributed by atoms with E-state index in [0.29, 0.717) is 30.7 Å². The minimum atomic E-state index is -0.963. The van der Waals surface area contributed by atoms with Crippen LogP contribution >= 0.6 is 0 Å². The first-order valence-electron chi connectivity index (χ1n) is 13.9. The van der Waals surface area contributed by atoms with E-state index in [4.69, 9.17) is 11.3 Å². The first-order chi connectivity index (χ1) is 17.2. The van der Waals surface area contributed by atoms with Gasteiger partial charge in [-0.1, -0.05) is 30.5 Å². The normalized spacial score (nSPS) is 43.1. The molecule has 3 N–H and O–H groups in total. The van der Waals surface area contributed by atoms with Gasteiger partial charge in [0.2, 0.25) is 5.91 Å². The Morgan fingerprint density at radius 1 is 1.19 bits per heavy atom. The smallest absolute Gasteiger partial charge is 0.261 e. The van der Waals surface area contributed by atoms with Gasteiger partial charge in [-0.2, -0.15) is 0 Å². The number of hydrogen-bond acceptors (Lipinski definition) is 5. The molecule has 0 aromatic carbocycles. The van der Waals surface area contributed by atoms with Gasteiger partial charge in [0.25, 0.3) is 5.91 Å². The molecule has 1 aliphatic heterocycles. The van der Waals surface area contributed by atoms with Gasteiger partial charge in [0.15, 0.2) is 6.61 Å². The number of allylic oxidation sites excluding steroid dienone is 2. The van der Waals surface area contributed by atoms with Crippen LogP contribution in [0.4, 0.5) is 0 Å². The minimum Gasteiger partial charge on any atom is -0.385 e. The van der Waals surface area contributed by atoms with Gasteiger partial charge in [0.05, 0.1) is 5.71 Å². The molecule has 7 atom stereocenters. The van der Waals surface area contributed by atoms with Crippen molar-refractivity contribution in [3.63, 3.8) is 0 Å². The lowest BCUT2D eigenvalue weighted by Crippen LogP contribution is -2.54. The van der Waals surface area contributed by atoms with Crippen molar-refractivity contribution < 1.29 is 19.5 Å². The van der Waals surface area contributed by atoms with Crippen LogP contribution in [0, 0.1) is 40.9 Å². The molecule has 0 radical (unpaired) electrons. The zero-order valence-corrected chi connectivity index (χ0v) is 21.8. The third-order valence-electron chi connectivity index (χ3n) is 10.6. The van der Waals surface area contributed by atoms with Crippen LogP contribution in [0.1, 0.15) is 84.5 Å². The number of hydrogen-bond donors (Lipinski definition) is 3. The lowest BCUT2D eigenvalue weighted by molar-refractivity contribution is -0.131. The Labute approximate surface area is 214 Å². The molecular formula is C29H41N3O4. The molecule has 7 nitrogen and oxygen atoms in total. The zero-order chi connectivity index (χ0) is 25.6. The number of aliphatic hydroxyl groups is 1. The predicted octanol–water partition coefficient (Wildman–Crippen LogP) is 3.47. The van der Waals surface area contributed by atoms with Crippen molar-refractivity contribution in [3.8, 4) is 12.3 Å². The summed E-state index contributed by atoms with van der Waals surface area (Å²) >= 11 is 0. The molecule has 7 unspecified atom stereocenters. The van der Waals surface area contributed by atoms with Gasteiger partial charge in [0.1, 0.15) is 11.6 Å². The first-order valence-corrected chi connectivity index (χ1v) is 13.9. The summed E-state index contributed by atoms with van der Waals surface area (Å²) in [6.07, 6.45) is 18.4. The van der Waals surface area contributed by atoms with Crippen LogP contribution in [0.2, 0.25) is 0 Å². The van der Waals surface area contributed by atoms with Gasteiger partial charge >= 0.3 is 0 Å². The first kappa shape index (κ1) is 25.3. The summed E-state index contributed by atoms with van der Waals surface area (Å²) in [5.74, 6) is 4.03. The molecule has 1 saturated heterocycles. The molecule has 0 aromatic heterocycles. The Hall–Kier alpha value is -2.33. The van der Waals surface area contributed by atoms with Crippen LogP contribution in [0.5, 0.6) is 0 Å². The molecule has 7 heteroatoms. The molecule has 0 aromatic rings. The van der Waals surface area contributed by atoms with Gasteiger partial charge in [0, 0.05) is 12.0 Å². The van der Waals surface area contributed by atoms with Gasteiger partial charge in [-0.3, -0.25) is 9.59 Å². The molecule has 3 saturated carbocycles. The summed E-state index contributed by atoms with van der Waals surface area (Å²) in [4.78, 5) is 29.8. The van der Waals surface area contributed by atoms with E-state index in [9.17, 15) is 14.7 Å². The van der Waals surface area contributed by atoms with E-state index < -0.39 is 11.6 Å². The Morgan fingerprint density at radius 3 is 2.81 bits per heavy atom. The van der Waals surface area contributed by atoms with E-state index in [1.807, 2.05) is 0 Å². The second-order valence-corrected chi connectivity index (χ2v) is 12.3. The maximum atomic E-state index is 12.3. The summed E-state index contributed by atoms with van der Waals surface area (Å²) in [6.45, 7) is 5.13. The lowest BCUT2D eigenvalue weighted by Gasteiger charge is -2.58. The van der Waals surface area contributed by atoms with E-state index in [2.05, 4.69) is 41.6 Å². The molecule has 4 aliphatic carbocycles. The highest BCUT2D eigenvalue weighted by Crippen LogP contribution is 2.67. The number of fused-ring (bicyclic) bond motifs is 5. The number of rotatable bonds is 4. The molecular weight excluding hydrogens is 454 g/mol. The van der Waals surface area contributed by atoms with Crippen LogP contribution < -0.4 is 10.6 Å². The zero-order valence-electron chi connectivity index (χ0n) is 21.8. The van der Waals surface area contributed by atoms with Crippen molar-refractivity contribution in [2.45, 2.75) is 96.1 Å². The third-order valence-corrected chi connectivity index (χ3v) is 10.6. The molecule has 4 fully saturated rings. The quantitative estimate of drug-likeness (QED) is 0.411. The molecule has 5 rings (SSSR count). The fraction of sp³-hybridized carbons (Fsp3) is 0.759. The Balaban J connectivity index is 1.21. The maximum Gasteiger partial charge on any atom is 0.261 e. The van der Waals surface area contributed by atoms with Crippen molar-refractivity contribution in [1.82, 2.24) is 10.6 Å². The van der Waals surface area contributed by atoms with Crippen molar-refractivity contribution >= 4 is 17.5 Å². The maximum absolute atomic E-state index is 12.3. The van der Waals surface area contributed by atoms with Crippen molar-refractivity contribution in [3.05, 3.63) is 11.6 Å². The predicted molar refractivity (Wildman–Crippen MR) is 138 cm³/mol. The highest BCUT2D eigenvalue weighted by atomic mass is 16.6. The molecule has 36 heavy (non-hydrogen) atoms. The summed E-state index contributed by atoms with van der Waals surface area (Å²) in [7, 11) is 0. The number of carbonyl (C=O) groups is 2.